The third-order valence-corrected chi connectivity index (χ3v) is 2.88. The van der Waals surface area contributed by atoms with E-state index >= 15 is 0 Å². The summed E-state index contributed by atoms with van der Waals surface area (Å²) in [5, 5.41) is 0. The van der Waals surface area contributed by atoms with Crippen LogP contribution in [0.1, 0.15) is 10.4 Å². The molecule has 5 heteroatoms. The van der Waals surface area contributed by atoms with Crippen molar-refractivity contribution >= 4 is 17.1 Å². The summed E-state index contributed by atoms with van der Waals surface area (Å²) in [5.41, 5.74) is 1.96. The largest absolute Gasteiger partial charge is 0.465 e. The molecule has 0 saturated carbocycles. The number of rotatable bonds is 2. The van der Waals surface area contributed by atoms with E-state index in [1.807, 2.05) is 0 Å². The molecule has 2 aromatic carbocycles. The van der Waals surface area contributed by atoms with E-state index in [-0.39, 0.29) is 5.82 Å². The average molecular weight is 271 g/mol. The van der Waals surface area contributed by atoms with Crippen LogP contribution in [0.15, 0.2) is 46.9 Å². The lowest BCUT2D eigenvalue weighted by Crippen LogP contribution is -2.00. The van der Waals surface area contributed by atoms with Gasteiger partial charge >= 0.3 is 5.97 Å². The summed E-state index contributed by atoms with van der Waals surface area (Å²) in [6, 6.07) is 10.8. The first kappa shape index (κ1) is 12.3. The maximum Gasteiger partial charge on any atom is 0.337 e. The number of carbonyl (C=O) groups is 1. The molecule has 4 nitrogen and oxygen atoms in total. The number of ether oxygens (including phenoxy) is 1. The highest BCUT2D eigenvalue weighted by molar-refractivity contribution is 5.93. The second-order valence-electron chi connectivity index (χ2n) is 4.20. The van der Waals surface area contributed by atoms with Gasteiger partial charge in [0, 0.05) is 5.56 Å². The molecule has 0 saturated heterocycles. The smallest absolute Gasteiger partial charge is 0.337 e. The number of nitrogens with zero attached hydrogens (tertiary/aromatic N) is 1. The van der Waals surface area contributed by atoms with E-state index in [0.717, 1.165) is 0 Å². The topological polar surface area (TPSA) is 52.3 Å². The van der Waals surface area contributed by atoms with Gasteiger partial charge in [0.15, 0.2) is 5.58 Å². The first-order valence-corrected chi connectivity index (χ1v) is 5.92. The van der Waals surface area contributed by atoms with Crippen LogP contribution in [-0.4, -0.2) is 18.1 Å². The molecule has 0 radical (unpaired) electrons. The zero-order chi connectivity index (χ0) is 14.1. The van der Waals surface area contributed by atoms with Gasteiger partial charge in [0.25, 0.3) is 0 Å². The summed E-state index contributed by atoms with van der Waals surface area (Å²) in [5.74, 6) is -0.503. The third kappa shape index (κ3) is 2.14. The second kappa shape index (κ2) is 4.77. The molecule has 0 amide bonds. The molecule has 0 atom stereocenters. The van der Waals surface area contributed by atoms with E-state index in [9.17, 15) is 9.18 Å². The van der Waals surface area contributed by atoms with E-state index in [1.54, 1.807) is 30.3 Å². The van der Waals surface area contributed by atoms with Crippen LogP contribution in [-0.2, 0) is 4.74 Å². The summed E-state index contributed by atoms with van der Waals surface area (Å²) >= 11 is 0. The monoisotopic (exact) mass is 271 g/mol. The Bertz CT molecular complexity index is 795. The molecule has 0 N–H and O–H groups in total. The van der Waals surface area contributed by atoms with Gasteiger partial charge in [0.05, 0.1) is 12.7 Å². The van der Waals surface area contributed by atoms with Crippen LogP contribution >= 0.6 is 0 Å². The van der Waals surface area contributed by atoms with Crippen molar-refractivity contribution in [3.8, 4) is 11.5 Å². The first-order chi connectivity index (χ1) is 9.67. The van der Waals surface area contributed by atoms with Gasteiger partial charge in [-0.1, -0.05) is 6.07 Å². The molecule has 20 heavy (non-hydrogen) atoms. The van der Waals surface area contributed by atoms with Crippen molar-refractivity contribution < 1.29 is 18.3 Å². The van der Waals surface area contributed by atoms with Crippen molar-refractivity contribution in [3.63, 3.8) is 0 Å². The highest BCUT2D eigenvalue weighted by Crippen LogP contribution is 2.25. The van der Waals surface area contributed by atoms with Crippen molar-refractivity contribution in [1.29, 1.82) is 0 Å². The number of hydrogen-bond acceptors (Lipinski definition) is 4. The van der Waals surface area contributed by atoms with Crippen LogP contribution in [0.5, 0.6) is 0 Å². The SMILES string of the molecule is COC(=O)c1ccc2nc(-c3cccc(F)c3)oc2c1. The van der Waals surface area contributed by atoms with Gasteiger partial charge in [-0.25, -0.2) is 14.2 Å². The van der Waals surface area contributed by atoms with Crippen LogP contribution in [0.2, 0.25) is 0 Å². The molecule has 3 aromatic rings. The number of benzene rings is 2. The number of fused-ring (bicyclic) bond motifs is 1. The molecule has 0 bridgehead atoms. The molecule has 0 aliphatic heterocycles. The Labute approximate surface area is 113 Å². The Morgan fingerprint density at radius 1 is 1.25 bits per heavy atom. The molecule has 0 unspecified atom stereocenters. The molecule has 0 aliphatic rings. The first-order valence-electron chi connectivity index (χ1n) is 5.92. The van der Waals surface area contributed by atoms with E-state index in [1.165, 1.54) is 19.2 Å². The fourth-order valence-corrected chi connectivity index (χ4v) is 1.91. The van der Waals surface area contributed by atoms with Crippen molar-refractivity contribution in [2.24, 2.45) is 0 Å². The second-order valence-corrected chi connectivity index (χ2v) is 4.20. The van der Waals surface area contributed by atoms with Crippen LogP contribution in [0.4, 0.5) is 4.39 Å². The number of carbonyl (C=O) groups excluding carboxylic acids is 1. The molecule has 0 aliphatic carbocycles. The number of halogens is 1. The van der Waals surface area contributed by atoms with Gasteiger partial charge in [0.2, 0.25) is 5.89 Å². The van der Waals surface area contributed by atoms with Crippen LogP contribution in [0, 0.1) is 5.82 Å². The lowest BCUT2D eigenvalue weighted by Gasteiger charge is -1.96. The summed E-state index contributed by atoms with van der Waals surface area (Å²) in [6.07, 6.45) is 0. The maximum atomic E-state index is 13.2. The lowest BCUT2D eigenvalue weighted by atomic mass is 10.2. The van der Waals surface area contributed by atoms with Gasteiger partial charge in [0.1, 0.15) is 11.3 Å². The molecule has 0 fully saturated rings. The Kier molecular flexibility index (Phi) is 2.95. The predicted molar refractivity (Wildman–Crippen MR) is 70.7 cm³/mol. The molecule has 3 rings (SSSR count). The lowest BCUT2D eigenvalue weighted by molar-refractivity contribution is 0.0601. The summed E-state index contributed by atoms with van der Waals surface area (Å²) < 4.78 is 23.4. The molecule has 1 heterocycles. The van der Waals surface area contributed by atoms with Crippen molar-refractivity contribution in [1.82, 2.24) is 4.98 Å². The number of oxazole rings is 1. The summed E-state index contributed by atoms with van der Waals surface area (Å²) in [6.45, 7) is 0. The fraction of sp³-hybridized carbons (Fsp3) is 0.0667. The van der Waals surface area contributed by atoms with Gasteiger partial charge < -0.3 is 9.15 Å². The highest BCUT2D eigenvalue weighted by Gasteiger charge is 2.12. The Morgan fingerprint density at radius 3 is 2.85 bits per heavy atom. The van der Waals surface area contributed by atoms with Gasteiger partial charge in [-0.2, -0.15) is 0 Å². The van der Waals surface area contributed by atoms with E-state index < -0.39 is 5.97 Å². The number of hydrogen-bond donors (Lipinski definition) is 0. The maximum absolute atomic E-state index is 13.2. The van der Waals surface area contributed by atoms with Gasteiger partial charge in [-0.05, 0) is 36.4 Å². The standard InChI is InChI=1S/C15H10FNO3/c1-19-15(18)10-5-6-12-13(8-10)20-14(17-12)9-3-2-4-11(16)7-9/h2-8H,1H3. The third-order valence-electron chi connectivity index (χ3n) is 2.88. The zero-order valence-electron chi connectivity index (χ0n) is 10.6. The molecule has 1 aromatic heterocycles. The van der Waals surface area contributed by atoms with Gasteiger partial charge in [-0.3, -0.25) is 0 Å². The summed E-state index contributed by atoms with van der Waals surface area (Å²) in [4.78, 5) is 15.7. The van der Waals surface area contributed by atoms with E-state index in [4.69, 9.17) is 4.42 Å². The minimum absolute atomic E-state index is 0.307. The highest BCUT2D eigenvalue weighted by atomic mass is 19.1. The average Bonchev–Trinajstić information content (AvgIpc) is 2.89. The van der Waals surface area contributed by atoms with Crippen molar-refractivity contribution in [3.05, 3.63) is 53.8 Å². The normalized spacial score (nSPS) is 10.7. The van der Waals surface area contributed by atoms with E-state index in [2.05, 4.69) is 9.72 Å². The van der Waals surface area contributed by atoms with Crippen LogP contribution in [0.25, 0.3) is 22.6 Å². The Morgan fingerprint density at radius 2 is 2.10 bits per heavy atom. The Balaban J connectivity index is 2.09. The van der Waals surface area contributed by atoms with Crippen LogP contribution < -0.4 is 0 Å². The zero-order valence-corrected chi connectivity index (χ0v) is 10.6. The van der Waals surface area contributed by atoms with Crippen LogP contribution in [0.3, 0.4) is 0 Å². The summed E-state index contributed by atoms with van der Waals surface area (Å²) in [7, 11) is 1.31. The number of methoxy groups -OCH3 is 1. The molecular weight excluding hydrogens is 261 g/mol. The minimum atomic E-state index is -0.449. The molecule has 100 valence electrons. The molecule has 0 spiro atoms. The van der Waals surface area contributed by atoms with Crippen molar-refractivity contribution in [2.45, 2.75) is 0 Å². The van der Waals surface area contributed by atoms with E-state index in [0.29, 0.717) is 28.1 Å². The minimum Gasteiger partial charge on any atom is -0.465 e. The fourth-order valence-electron chi connectivity index (χ4n) is 1.91. The van der Waals surface area contributed by atoms with Crippen molar-refractivity contribution in [2.75, 3.05) is 7.11 Å². The number of esters is 1. The predicted octanol–water partition coefficient (Wildman–Crippen LogP) is 3.42. The number of aromatic nitrogens is 1. The van der Waals surface area contributed by atoms with Gasteiger partial charge in [-0.15, -0.1) is 0 Å². The quantitative estimate of drug-likeness (QED) is 0.670. The Hall–Kier alpha value is -2.69. The molecular formula is C15H10FNO3.